The molecule has 0 radical (unpaired) electrons. The number of benzene rings is 1. The normalized spacial score (nSPS) is 20.6. The van der Waals surface area contributed by atoms with E-state index in [0.717, 1.165) is 38.6 Å². The maximum absolute atomic E-state index is 13.0. The molecule has 2 aromatic rings. The van der Waals surface area contributed by atoms with Crippen molar-refractivity contribution in [2.75, 3.05) is 13.1 Å². The Balaban J connectivity index is 1.34. The third kappa shape index (κ3) is 3.84. The first-order chi connectivity index (χ1) is 13.2. The molecule has 1 atom stereocenters. The first kappa shape index (κ1) is 17.6. The average Bonchev–Trinajstić information content (AvgIpc) is 3.08. The first-order valence-corrected chi connectivity index (χ1v) is 9.63. The van der Waals surface area contributed by atoms with E-state index in [1.165, 1.54) is 0 Å². The summed E-state index contributed by atoms with van der Waals surface area (Å²) in [5, 5.41) is 14.9. The van der Waals surface area contributed by atoms with Crippen LogP contribution in [-0.2, 0) is 11.3 Å². The second kappa shape index (κ2) is 7.85. The van der Waals surface area contributed by atoms with Crippen molar-refractivity contribution in [3.63, 3.8) is 0 Å². The topological polar surface area (TPSA) is 93.0 Å². The molecule has 1 aromatic carbocycles. The predicted octanol–water partition coefficient (Wildman–Crippen LogP) is 1.36. The van der Waals surface area contributed by atoms with Gasteiger partial charge >= 0.3 is 0 Å². The summed E-state index contributed by atoms with van der Waals surface area (Å²) in [4.78, 5) is 27.3. The first-order valence-electron chi connectivity index (χ1n) is 9.63. The van der Waals surface area contributed by atoms with E-state index in [1.807, 2.05) is 35.2 Å². The van der Waals surface area contributed by atoms with E-state index in [1.54, 1.807) is 4.68 Å². The van der Waals surface area contributed by atoms with Crippen molar-refractivity contribution in [2.45, 2.75) is 50.6 Å². The van der Waals surface area contributed by atoms with Crippen molar-refractivity contribution in [3.8, 4) is 0 Å². The predicted molar refractivity (Wildman–Crippen MR) is 97.9 cm³/mol. The number of carbonyl (C=O) groups is 2. The Morgan fingerprint density at radius 1 is 1.00 bits per heavy atom. The highest BCUT2D eigenvalue weighted by atomic mass is 16.2. The maximum atomic E-state index is 13.0. The molecule has 0 bridgehead atoms. The van der Waals surface area contributed by atoms with Crippen LogP contribution in [0, 0.1) is 0 Å². The molecule has 8 nitrogen and oxygen atoms in total. The summed E-state index contributed by atoms with van der Waals surface area (Å²) in [5.74, 6) is 0.499. The molecule has 0 unspecified atom stereocenters. The highest BCUT2D eigenvalue weighted by Gasteiger charge is 2.33. The van der Waals surface area contributed by atoms with E-state index in [-0.39, 0.29) is 23.8 Å². The van der Waals surface area contributed by atoms with Gasteiger partial charge in [-0.2, -0.15) is 0 Å². The SMILES string of the molecule is O=C(NC1CCN(C(=O)[C@@H]2CCCCn3nnnc32)CC1)c1ccccc1. The Labute approximate surface area is 157 Å². The molecule has 0 saturated carbocycles. The number of carbonyl (C=O) groups excluding carboxylic acids is 2. The van der Waals surface area contributed by atoms with Crippen molar-refractivity contribution < 1.29 is 9.59 Å². The van der Waals surface area contributed by atoms with Crippen LogP contribution in [0.5, 0.6) is 0 Å². The molecule has 27 heavy (non-hydrogen) atoms. The molecule has 1 aromatic heterocycles. The number of nitrogens with zero attached hydrogens (tertiary/aromatic N) is 5. The largest absolute Gasteiger partial charge is 0.349 e. The van der Waals surface area contributed by atoms with Crippen molar-refractivity contribution in [1.29, 1.82) is 0 Å². The summed E-state index contributed by atoms with van der Waals surface area (Å²) < 4.78 is 1.77. The van der Waals surface area contributed by atoms with Gasteiger partial charge in [-0.25, -0.2) is 4.68 Å². The standard InChI is InChI=1S/C19H24N6O2/c26-18(14-6-2-1-3-7-14)20-15-9-12-24(13-10-15)19(27)16-8-4-5-11-25-17(16)21-22-23-25/h1-3,6-7,15-16H,4-5,8-13H2,(H,20,26)/t16-/m1/s1. The van der Waals surface area contributed by atoms with Gasteiger partial charge in [0.1, 0.15) is 0 Å². The zero-order valence-electron chi connectivity index (χ0n) is 15.3. The van der Waals surface area contributed by atoms with Gasteiger partial charge in [-0.05, 0) is 48.2 Å². The average molecular weight is 368 g/mol. The molecule has 1 saturated heterocycles. The fourth-order valence-corrected chi connectivity index (χ4v) is 3.92. The second-order valence-electron chi connectivity index (χ2n) is 7.25. The number of nitrogens with one attached hydrogen (secondary N) is 1. The van der Waals surface area contributed by atoms with E-state index in [0.29, 0.717) is 24.5 Å². The number of rotatable bonds is 3. The molecular formula is C19H24N6O2. The van der Waals surface area contributed by atoms with Crippen LogP contribution in [0.2, 0.25) is 0 Å². The van der Waals surface area contributed by atoms with Gasteiger partial charge in [-0.15, -0.1) is 5.10 Å². The number of amides is 2. The number of piperidine rings is 1. The molecule has 1 N–H and O–H groups in total. The number of fused-ring (bicyclic) bond motifs is 1. The molecule has 0 aliphatic carbocycles. The van der Waals surface area contributed by atoms with Gasteiger partial charge in [0.25, 0.3) is 5.91 Å². The highest BCUT2D eigenvalue weighted by Crippen LogP contribution is 2.27. The van der Waals surface area contributed by atoms with E-state index in [4.69, 9.17) is 0 Å². The molecule has 1 fully saturated rings. The second-order valence-corrected chi connectivity index (χ2v) is 7.25. The summed E-state index contributed by atoms with van der Waals surface area (Å²) in [6.07, 6.45) is 4.31. The van der Waals surface area contributed by atoms with Crippen LogP contribution in [0.15, 0.2) is 30.3 Å². The molecule has 2 amide bonds. The molecule has 142 valence electrons. The third-order valence-electron chi connectivity index (χ3n) is 5.46. The Hall–Kier alpha value is -2.77. The lowest BCUT2D eigenvalue weighted by molar-refractivity contribution is -0.134. The van der Waals surface area contributed by atoms with Gasteiger partial charge in [0, 0.05) is 31.2 Å². The fourth-order valence-electron chi connectivity index (χ4n) is 3.92. The summed E-state index contributed by atoms with van der Waals surface area (Å²) in [6, 6.07) is 9.33. The smallest absolute Gasteiger partial charge is 0.251 e. The number of aromatic nitrogens is 4. The number of tetrazole rings is 1. The number of likely N-dealkylation sites (tertiary alicyclic amines) is 1. The zero-order chi connectivity index (χ0) is 18.6. The molecule has 3 heterocycles. The quantitative estimate of drug-likeness (QED) is 0.883. The minimum absolute atomic E-state index is 0.0525. The Morgan fingerprint density at radius 2 is 1.78 bits per heavy atom. The van der Waals surface area contributed by atoms with E-state index < -0.39 is 0 Å². The lowest BCUT2D eigenvalue weighted by Gasteiger charge is -2.34. The molecular weight excluding hydrogens is 344 g/mol. The van der Waals surface area contributed by atoms with Gasteiger partial charge in [0.15, 0.2) is 5.82 Å². The van der Waals surface area contributed by atoms with Gasteiger partial charge in [0.05, 0.1) is 5.92 Å². The van der Waals surface area contributed by atoms with E-state index in [2.05, 4.69) is 20.8 Å². The van der Waals surface area contributed by atoms with Crippen LogP contribution in [0.1, 0.15) is 54.2 Å². The van der Waals surface area contributed by atoms with Crippen LogP contribution in [0.3, 0.4) is 0 Å². The summed E-state index contributed by atoms with van der Waals surface area (Å²) >= 11 is 0. The molecule has 8 heteroatoms. The Morgan fingerprint density at radius 3 is 2.56 bits per heavy atom. The minimum atomic E-state index is -0.252. The summed E-state index contributed by atoms with van der Waals surface area (Å²) in [6.45, 7) is 2.08. The number of hydrogen-bond acceptors (Lipinski definition) is 5. The van der Waals surface area contributed by atoms with E-state index in [9.17, 15) is 9.59 Å². The monoisotopic (exact) mass is 368 g/mol. The lowest BCUT2D eigenvalue weighted by atomic mass is 9.98. The number of hydrogen-bond donors (Lipinski definition) is 1. The summed E-state index contributed by atoms with van der Waals surface area (Å²) in [7, 11) is 0. The van der Waals surface area contributed by atoms with Crippen LogP contribution >= 0.6 is 0 Å². The molecule has 2 aliphatic rings. The van der Waals surface area contributed by atoms with Crippen molar-refractivity contribution in [1.82, 2.24) is 30.4 Å². The third-order valence-corrected chi connectivity index (χ3v) is 5.46. The van der Waals surface area contributed by atoms with Crippen LogP contribution in [0.25, 0.3) is 0 Å². The van der Waals surface area contributed by atoms with Crippen LogP contribution in [-0.4, -0.2) is 56.1 Å². The summed E-state index contributed by atoms with van der Waals surface area (Å²) in [5.41, 5.74) is 0.668. The highest BCUT2D eigenvalue weighted by molar-refractivity contribution is 5.94. The van der Waals surface area contributed by atoms with Gasteiger partial charge in [-0.1, -0.05) is 24.6 Å². The fraction of sp³-hybridized carbons (Fsp3) is 0.526. The zero-order valence-corrected chi connectivity index (χ0v) is 15.3. The minimum Gasteiger partial charge on any atom is -0.349 e. The van der Waals surface area contributed by atoms with E-state index >= 15 is 0 Å². The van der Waals surface area contributed by atoms with Gasteiger partial charge in [-0.3, -0.25) is 9.59 Å². The van der Waals surface area contributed by atoms with Crippen molar-refractivity contribution >= 4 is 11.8 Å². The van der Waals surface area contributed by atoms with Crippen LogP contribution < -0.4 is 5.32 Å². The van der Waals surface area contributed by atoms with Crippen LogP contribution in [0.4, 0.5) is 0 Å². The van der Waals surface area contributed by atoms with Crippen molar-refractivity contribution in [2.24, 2.45) is 0 Å². The molecule has 2 aliphatic heterocycles. The van der Waals surface area contributed by atoms with Gasteiger partial charge < -0.3 is 10.2 Å². The van der Waals surface area contributed by atoms with Crippen molar-refractivity contribution in [3.05, 3.63) is 41.7 Å². The Kier molecular flexibility index (Phi) is 5.13. The Bertz CT molecular complexity index is 798. The molecule has 4 rings (SSSR count). The molecule has 0 spiro atoms. The number of aryl methyl sites for hydroxylation is 1. The maximum Gasteiger partial charge on any atom is 0.251 e. The lowest BCUT2D eigenvalue weighted by Crippen LogP contribution is -2.47. The van der Waals surface area contributed by atoms with Gasteiger partial charge in [0.2, 0.25) is 5.91 Å².